The lowest BCUT2D eigenvalue weighted by atomic mass is 10.1. The lowest BCUT2D eigenvalue weighted by Crippen LogP contribution is -2.48. The molecule has 2 aliphatic rings. The fraction of sp³-hybridized carbons (Fsp3) is 0.360. The van der Waals surface area contributed by atoms with Crippen LogP contribution in [0.1, 0.15) is 29.6 Å². The predicted octanol–water partition coefficient (Wildman–Crippen LogP) is 3.59. The Bertz CT molecular complexity index is 1240. The van der Waals surface area contributed by atoms with Crippen molar-refractivity contribution in [3.05, 3.63) is 66.4 Å². The second kappa shape index (κ2) is 9.11. The van der Waals surface area contributed by atoms with Crippen LogP contribution < -0.4 is 4.72 Å². The minimum Gasteiger partial charge on any atom is -0.336 e. The molecule has 1 aromatic heterocycles. The number of pyridine rings is 1. The first kappa shape index (κ1) is 21.9. The Balaban J connectivity index is 1.22. The summed E-state index contributed by atoms with van der Waals surface area (Å²) in [5.74, 6) is 0.918. The Kier molecular flexibility index (Phi) is 6.03. The van der Waals surface area contributed by atoms with Gasteiger partial charge >= 0.3 is 0 Å². The third-order valence-corrected chi connectivity index (χ3v) is 7.89. The highest BCUT2D eigenvalue weighted by molar-refractivity contribution is 7.93. The van der Waals surface area contributed by atoms with Crippen molar-refractivity contribution in [2.45, 2.75) is 24.2 Å². The minimum absolute atomic E-state index is 0.00972. The number of piperazine rings is 1. The second-order valence-corrected chi connectivity index (χ2v) is 10.5. The summed E-state index contributed by atoms with van der Waals surface area (Å²) in [7, 11) is -3.82. The summed E-state index contributed by atoms with van der Waals surface area (Å²) in [5.41, 5.74) is 1.40. The van der Waals surface area contributed by atoms with Crippen molar-refractivity contribution >= 4 is 32.5 Å². The largest absolute Gasteiger partial charge is 0.336 e. The number of amides is 1. The first-order valence-corrected chi connectivity index (χ1v) is 13.0. The smallest absolute Gasteiger partial charge is 0.264 e. The van der Waals surface area contributed by atoms with Gasteiger partial charge in [-0.3, -0.25) is 19.4 Å². The van der Waals surface area contributed by atoms with Crippen LogP contribution in [0.3, 0.4) is 0 Å². The summed E-state index contributed by atoms with van der Waals surface area (Å²) in [4.78, 5) is 21.6. The van der Waals surface area contributed by atoms with Gasteiger partial charge in [-0.2, -0.15) is 0 Å². The third-order valence-electron chi connectivity index (χ3n) is 6.48. The van der Waals surface area contributed by atoms with E-state index in [1.165, 1.54) is 19.3 Å². The van der Waals surface area contributed by atoms with Gasteiger partial charge in [-0.1, -0.05) is 31.0 Å². The average Bonchev–Trinajstić information content (AvgIpc) is 3.67. The zero-order valence-electron chi connectivity index (χ0n) is 18.5. The van der Waals surface area contributed by atoms with Crippen molar-refractivity contribution in [2.24, 2.45) is 5.92 Å². The van der Waals surface area contributed by atoms with Crippen molar-refractivity contribution < 1.29 is 13.2 Å². The maximum atomic E-state index is 13.0. The number of anilines is 1. The number of benzene rings is 2. The summed E-state index contributed by atoms with van der Waals surface area (Å²) in [6.45, 7) is 4.41. The molecule has 5 rings (SSSR count). The van der Waals surface area contributed by atoms with Crippen LogP contribution in [0.5, 0.6) is 0 Å². The Labute approximate surface area is 194 Å². The number of carbonyl (C=O) groups is 1. The predicted molar refractivity (Wildman–Crippen MR) is 129 cm³/mol. The van der Waals surface area contributed by atoms with E-state index in [9.17, 15) is 13.2 Å². The van der Waals surface area contributed by atoms with Gasteiger partial charge in [-0.25, -0.2) is 8.42 Å². The molecule has 1 saturated heterocycles. The summed E-state index contributed by atoms with van der Waals surface area (Å²) >= 11 is 0. The van der Waals surface area contributed by atoms with Crippen LogP contribution in [0.15, 0.2) is 65.7 Å². The van der Waals surface area contributed by atoms with Crippen LogP contribution in [0, 0.1) is 5.92 Å². The molecule has 0 spiro atoms. The number of nitrogens with zero attached hydrogens (tertiary/aromatic N) is 3. The molecule has 0 bridgehead atoms. The van der Waals surface area contributed by atoms with E-state index < -0.39 is 10.0 Å². The van der Waals surface area contributed by atoms with Crippen LogP contribution in [0.25, 0.3) is 10.9 Å². The number of nitrogens with one attached hydrogen (secondary N) is 1. The summed E-state index contributed by atoms with van der Waals surface area (Å²) in [6.07, 6.45) is 5.61. The van der Waals surface area contributed by atoms with E-state index in [1.54, 1.807) is 48.7 Å². The van der Waals surface area contributed by atoms with Gasteiger partial charge in [-0.05, 0) is 55.3 Å². The molecule has 1 aliphatic carbocycles. The molecule has 0 radical (unpaired) electrons. The average molecular weight is 465 g/mol. The molecule has 1 N–H and O–H groups in total. The van der Waals surface area contributed by atoms with E-state index >= 15 is 0 Å². The van der Waals surface area contributed by atoms with Gasteiger partial charge in [0.25, 0.3) is 15.9 Å². The van der Waals surface area contributed by atoms with E-state index in [0.717, 1.165) is 44.0 Å². The van der Waals surface area contributed by atoms with Crippen molar-refractivity contribution in [2.75, 3.05) is 37.4 Å². The normalized spacial score (nSPS) is 17.3. The van der Waals surface area contributed by atoms with Crippen LogP contribution >= 0.6 is 0 Å². The van der Waals surface area contributed by atoms with Crippen molar-refractivity contribution in [1.29, 1.82) is 0 Å². The number of rotatable bonds is 7. The highest BCUT2D eigenvalue weighted by Crippen LogP contribution is 2.32. The van der Waals surface area contributed by atoms with Gasteiger partial charge in [0.05, 0.1) is 5.52 Å². The number of hydrogen-bond acceptors (Lipinski definition) is 5. The van der Waals surface area contributed by atoms with Gasteiger partial charge in [-0.15, -0.1) is 0 Å². The maximum absolute atomic E-state index is 13.0. The molecular formula is C25H28N4O3S. The van der Waals surface area contributed by atoms with E-state index in [-0.39, 0.29) is 10.8 Å². The maximum Gasteiger partial charge on any atom is 0.264 e. The molecular weight excluding hydrogens is 436 g/mol. The summed E-state index contributed by atoms with van der Waals surface area (Å²) < 4.78 is 28.6. The van der Waals surface area contributed by atoms with Crippen molar-refractivity contribution in [3.63, 3.8) is 0 Å². The molecule has 1 saturated carbocycles. The van der Waals surface area contributed by atoms with Crippen molar-refractivity contribution in [3.8, 4) is 0 Å². The van der Waals surface area contributed by atoms with Crippen LogP contribution in [0.2, 0.25) is 0 Å². The first-order chi connectivity index (χ1) is 16.0. The molecule has 3 aromatic rings. The van der Waals surface area contributed by atoms with Crippen LogP contribution in [-0.4, -0.2) is 61.8 Å². The monoisotopic (exact) mass is 464 g/mol. The third kappa shape index (κ3) is 5.02. The SMILES string of the molecule is O=C(c1ccc(NS(=O)(=O)c2cccc3cccnc23)cc1)N1CCN(CCC2CC2)CC1. The molecule has 172 valence electrons. The lowest BCUT2D eigenvalue weighted by molar-refractivity contribution is 0.0634. The fourth-order valence-corrected chi connectivity index (χ4v) is 5.55. The van der Waals surface area contributed by atoms with Crippen molar-refractivity contribution in [1.82, 2.24) is 14.8 Å². The van der Waals surface area contributed by atoms with Crippen LogP contribution in [-0.2, 0) is 10.0 Å². The van der Waals surface area contributed by atoms with Gasteiger partial charge in [0.1, 0.15) is 4.90 Å². The number of sulfonamides is 1. The van der Waals surface area contributed by atoms with Gasteiger partial charge in [0.2, 0.25) is 0 Å². The Hall–Kier alpha value is -2.97. The quantitative estimate of drug-likeness (QED) is 0.578. The molecule has 8 heteroatoms. The fourth-order valence-electron chi connectivity index (χ4n) is 4.31. The number of hydrogen-bond donors (Lipinski definition) is 1. The molecule has 2 heterocycles. The van der Waals surface area contributed by atoms with Crippen LogP contribution in [0.4, 0.5) is 5.69 Å². The molecule has 2 aromatic carbocycles. The number of fused-ring (bicyclic) bond motifs is 1. The number of carbonyl (C=O) groups excluding carboxylic acids is 1. The van der Waals surface area contributed by atoms with E-state index in [4.69, 9.17) is 0 Å². The molecule has 7 nitrogen and oxygen atoms in total. The molecule has 1 aliphatic heterocycles. The van der Waals surface area contributed by atoms with E-state index in [0.29, 0.717) is 16.8 Å². The topological polar surface area (TPSA) is 82.6 Å². The highest BCUT2D eigenvalue weighted by atomic mass is 32.2. The Morgan fingerprint density at radius 2 is 1.70 bits per heavy atom. The molecule has 1 amide bonds. The number of para-hydroxylation sites is 1. The molecule has 33 heavy (non-hydrogen) atoms. The van der Waals surface area contributed by atoms with Gasteiger partial charge < -0.3 is 4.90 Å². The minimum atomic E-state index is -3.82. The lowest BCUT2D eigenvalue weighted by Gasteiger charge is -2.34. The molecule has 0 atom stereocenters. The Morgan fingerprint density at radius 1 is 0.970 bits per heavy atom. The zero-order chi connectivity index (χ0) is 22.8. The zero-order valence-corrected chi connectivity index (χ0v) is 19.3. The molecule has 0 unspecified atom stereocenters. The van der Waals surface area contributed by atoms with E-state index in [2.05, 4.69) is 14.6 Å². The van der Waals surface area contributed by atoms with Gasteiger partial charge in [0, 0.05) is 49.0 Å². The molecule has 2 fully saturated rings. The number of aromatic nitrogens is 1. The second-order valence-electron chi connectivity index (χ2n) is 8.88. The standard InChI is InChI=1S/C25H28N4O3S/c30-25(29-17-15-28(16-18-29)14-12-19-6-7-19)21-8-10-22(11-9-21)27-33(31,32)23-5-1-3-20-4-2-13-26-24(20)23/h1-5,8-11,13,19,27H,6-7,12,14-18H2. The summed E-state index contributed by atoms with van der Waals surface area (Å²) in [5, 5.41) is 0.758. The Morgan fingerprint density at radius 3 is 2.42 bits per heavy atom. The van der Waals surface area contributed by atoms with E-state index in [1.807, 2.05) is 17.0 Å². The highest BCUT2D eigenvalue weighted by Gasteiger charge is 2.25. The van der Waals surface area contributed by atoms with Gasteiger partial charge in [0.15, 0.2) is 0 Å². The first-order valence-electron chi connectivity index (χ1n) is 11.5. The summed E-state index contributed by atoms with van der Waals surface area (Å²) in [6, 6.07) is 15.3.